The number of nitrogens with one attached hydrogen (secondary N) is 2. The van der Waals surface area contributed by atoms with E-state index in [1.165, 1.54) is 0 Å². The molecule has 3 amide bonds. The maximum absolute atomic E-state index is 12.5. The minimum absolute atomic E-state index is 0.00760. The van der Waals surface area contributed by atoms with Gasteiger partial charge in [-0.2, -0.15) is 0 Å². The van der Waals surface area contributed by atoms with Crippen LogP contribution >= 0.6 is 0 Å². The summed E-state index contributed by atoms with van der Waals surface area (Å²) in [5.74, 6) is 0.440. The molecule has 5 heteroatoms. The number of nitrogens with zero attached hydrogens (tertiary/aromatic N) is 1. The van der Waals surface area contributed by atoms with Crippen LogP contribution in [0.3, 0.4) is 0 Å². The van der Waals surface area contributed by atoms with Crippen molar-refractivity contribution in [3.05, 3.63) is 66.2 Å². The van der Waals surface area contributed by atoms with Gasteiger partial charge in [-0.3, -0.25) is 4.79 Å². The van der Waals surface area contributed by atoms with Gasteiger partial charge in [0.2, 0.25) is 5.91 Å². The van der Waals surface area contributed by atoms with E-state index in [4.69, 9.17) is 0 Å². The first kappa shape index (κ1) is 19.9. The minimum atomic E-state index is -0.0574. The zero-order chi connectivity index (χ0) is 19.8. The lowest BCUT2D eigenvalue weighted by Crippen LogP contribution is -2.42. The number of anilines is 1. The summed E-state index contributed by atoms with van der Waals surface area (Å²) in [4.78, 5) is 26.7. The van der Waals surface area contributed by atoms with Crippen molar-refractivity contribution in [1.82, 2.24) is 10.2 Å². The molecule has 1 aliphatic heterocycles. The summed E-state index contributed by atoms with van der Waals surface area (Å²) >= 11 is 0. The molecule has 0 bridgehead atoms. The Morgan fingerprint density at radius 3 is 2.46 bits per heavy atom. The van der Waals surface area contributed by atoms with Crippen LogP contribution in [0.2, 0.25) is 0 Å². The van der Waals surface area contributed by atoms with Crippen molar-refractivity contribution in [2.45, 2.75) is 38.6 Å². The summed E-state index contributed by atoms with van der Waals surface area (Å²) in [6.07, 6.45) is 3.35. The lowest BCUT2D eigenvalue weighted by Gasteiger charge is -2.32. The van der Waals surface area contributed by atoms with Crippen molar-refractivity contribution >= 4 is 17.6 Å². The standard InChI is InChI=1S/C23H29N3O2/c1-18(20-10-4-2-5-11-20)24-22(27)15-14-19-9-8-16-26(17-19)23(28)25-21-12-6-3-7-13-21/h2-7,10-13,18-19H,8-9,14-17H2,1H3,(H,24,27)(H,25,28). The van der Waals surface area contributed by atoms with Crippen molar-refractivity contribution in [2.24, 2.45) is 5.92 Å². The predicted molar refractivity (Wildman–Crippen MR) is 112 cm³/mol. The number of benzene rings is 2. The van der Waals surface area contributed by atoms with Crippen molar-refractivity contribution in [3.63, 3.8) is 0 Å². The van der Waals surface area contributed by atoms with Crippen LogP contribution in [0.1, 0.15) is 44.2 Å². The summed E-state index contributed by atoms with van der Waals surface area (Å²) in [6, 6.07) is 19.4. The summed E-state index contributed by atoms with van der Waals surface area (Å²) in [5.41, 5.74) is 1.92. The van der Waals surface area contributed by atoms with Crippen molar-refractivity contribution in [1.29, 1.82) is 0 Å². The third-order valence-electron chi connectivity index (χ3n) is 5.29. The van der Waals surface area contributed by atoms with Crippen molar-refractivity contribution in [2.75, 3.05) is 18.4 Å². The maximum atomic E-state index is 12.5. The largest absolute Gasteiger partial charge is 0.350 e. The van der Waals surface area contributed by atoms with E-state index in [1.807, 2.05) is 72.5 Å². The van der Waals surface area contributed by atoms with Crippen molar-refractivity contribution < 1.29 is 9.59 Å². The van der Waals surface area contributed by atoms with E-state index in [-0.39, 0.29) is 18.0 Å². The molecule has 5 nitrogen and oxygen atoms in total. The number of carbonyl (C=O) groups excluding carboxylic acids is 2. The van der Waals surface area contributed by atoms with Gasteiger partial charge in [0.05, 0.1) is 6.04 Å². The molecule has 0 aromatic heterocycles. The molecule has 148 valence electrons. The van der Waals surface area contributed by atoms with Gasteiger partial charge in [-0.25, -0.2) is 4.79 Å². The van der Waals surface area contributed by atoms with Crippen LogP contribution in [-0.4, -0.2) is 29.9 Å². The fourth-order valence-electron chi connectivity index (χ4n) is 3.68. The second kappa shape index (κ2) is 9.93. The molecule has 2 unspecified atom stereocenters. The van der Waals surface area contributed by atoms with E-state index in [0.717, 1.165) is 37.1 Å². The van der Waals surface area contributed by atoms with Crippen LogP contribution < -0.4 is 10.6 Å². The molecular formula is C23H29N3O2. The van der Waals surface area contributed by atoms with Gasteiger partial charge >= 0.3 is 6.03 Å². The number of urea groups is 1. The van der Waals surface area contributed by atoms with Gasteiger partial charge in [0.15, 0.2) is 0 Å². The average Bonchev–Trinajstić information content (AvgIpc) is 2.74. The first-order chi connectivity index (χ1) is 13.6. The van der Waals surface area contributed by atoms with Crippen molar-refractivity contribution in [3.8, 4) is 0 Å². The SMILES string of the molecule is CC(NC(=O)CCC1CCCN(C(=O)Nc2ccccc2)C1)c1ccccc1. The highest BCUT2D eigenvalue weighted by Gasteiger charge is 2.24. The molecular weight excluding hydrogens is 350 g/mol. The summed E-state index contributed by atoms with van der Waals surface area (Å²) in [5, 5.41) is 6.02. The molecule has 2 aromatic carbocycles. The second-order valence-electron chi connectivity index (χ2n) is 7.49. The highest BCUT2D eigenvalue weighted by Crippen LogP contribution is 2.22. The third-order valence-corrected chi connectivity index (χ3v) is 5.29. The molecule has 2 aromatic rings. The number of piperidine rings is 1. The van der Waals surface area contributed by atoms with E-state index in [0.29, 0.717) is 18.9 Å². The quantitative estimate of drug-likeness (QED) is 0.771. The Labute approximate surface area is 167 Å². The number of carbonyl (C=O) groups is 2. The Bertz CT molecular complexity index is 764. The predicted octanol–water partition coefficient (Wildman–Crippen LogP) is 4.59. The summed E-state index contributed by atoms with van der Waals surface area (Å²) in [7, 11) is 0. The Hall–Kier alpha value is -2.82. The molecule has 0 saturated carbocycles. The van der Waals surface area contributed by atoms with Gasteiger partial charge in [-0.1, -0.05) is 48.5 Å². The van der Waals surface area contributed by atoms with Gasteiger partial charge in [0.1, 0.15) is 0 Å². The fraction of sp³-hybridized carbons (Fsp3) is 0.391. The van der Waals surface area contributed by atoms with Gasteiger partial charge in [0, 0.05) is 25.2 Å². The average molecular weight is 380 g/mol. The normalized spacial score (nSPS) is 17.6. The topological polar surface area (TPSA) is 61.4 Å². The molecule has 2 atom stereocenters. The highest BCUT2D eigenvalue weighted by atomic mass is 16.2. The van der Waals surface area contributed by atoms with Crippen LogP contribution in [0.5, 0.6) is 0 Å². The Morgan fingerprint density at radius 2 is 1.75 bits per heavy atom. The third kappa shape index (κ3) is 5.84. The van der Waals surface area contributed by atoms with Gasteiger partial charge in [-0.05, 0) is 49.8 Å². The van der Waals surface area contributed by atoms with Crippen LogP contribution in [-0.2, 0) is 4.79 Å². The van der Waals surface area contributed by atoms with E-state index in [1.54, 1.807) is 0 Å². The van der Waals surface area contributed by atoms with E-state index in [9.17, 15) is 9.59 Å². The number of amides is 3. The number of hydrogen-bond donors (Lipinski definition) is 2. The number of likely N-dealkylation sites (tertiary alicyclic amines) is 1. The van der Waals surface area contributed by atoms with Crippen LogP contribution in [0.15, 0.2) is 60.7 Å². The maximum Gasteiger partial charge on any atom is 0.321 e. The molecule has 1 saturated heterocycles. The number of hydrogen-bond acceptors (Lipinski definition) is 2. The van der Waals surface area contributed by atoms with Gasteiger partial charge < -0.3 is 15.5 Å². The molecule has 0 spiro atoms. The molecule has 1 heterocycles. The van der Waals surface area contributed by atoms with Gasteiger partial charge in [0.25, 0.3) is 0 Å². The molecule has 2 N–H and O–H groups in total. The zero-order valence-electron chi connectivity index (χ0n) is 16.4. The van der Waals surface area contributed by atoms with Gasteiger partial charge in [-0.15, -0.1) is 0 Å². The lowest BCUT2D eigenvalue weighted by molar-refractivity contribution is -0.122. The van der Waals surface area contributed by atoms with E-state index >= 15 is 0 Å². The van der Waals surface area contributed by atoms with E-state index < -0.39 is 0 Å². The molecule has 1 fully saturated rings. The number of para-hydroxylation sites is 1. The first-order valence-corrected chi connectivity index (χ1v) is 10.1. The first-order valence-electron chi connectivity index (χ1n) is 10.1. The number of rotatable bonds is 6. The lowest BCUT2D eigenvalue weighted by atomic mass is 9.93. The van der Waals surface area contributed by atoms with Crippen LogP contribution in [0.4, 0.5) is 10.5 Å². The smallest absolute Gasteiger partial charge is 0.321 e. The fourth-order valence-corrected chi connectivity index (χ4v) is 3.68. The monoisotopic (exact) mass is 379 g/mol. The second-order valence-corrected chi connectivity index (χ2v) is 7.49. The Balaban J connectivity index is 1.43. The summed E-state index contributed by atoms with van der Waals surface area (Å²) in [6.45, 7) is 3.48. The molecule has 3 rings (SSSR count). The molecule has 0 aliphatic carbocycles. The van der Waals surface area contributed by atoms with Crippen LogP contribution in [0.25, 0.3) is 0 Å². The molecule has 1 aliphatic rings. The minimum Gasteiger partial charge on any atom is -0.350 e. The summed E-state index contributed by atoms with van der Waals surface area (Å²) < 4.78 is 0. The molecule has 28 heavy (non-hydrogen) atoms. The van der Waals surface area contributed by atoms with E-state index in [2.05, 4.69) is 10.6 Å². The highest BCUT2D eigenvalue weighted by molar-refractivity contribution is 5.89. The Kier molecular flexibility index (Phi) is 7.06. The Morgan fingerprint density at radius 1 is 1.07 bits per heavy atom. The zero-order valence-corrected chi connectivity index (χ0v) is 16.4. The molecule has 0 radical (unpaired) electrons. The van der Waals surface area contributed by atoms with Crippen LogP contribution in [0, 0.1) is 5.92 Å².